The van der Waals surface area contributed by atoms with Crippen molar-refractivity contribution >= 4 is 11.7 Å². The van der Waals surface area contributed by atoms with E-state index in [1.165, 1.54) is 0 Å². The molecule has 1 atom stereocenters. The van der Waals surface area contributed by atoms with Gasteiger partial charge >= 0.3 is 0 Å². The van der Waals surface area contributed by atoms with Gasteiger partial charge in [0.2, 0.25) is 5.91 Å². The smallest absolute Gasteiger partial charge is 0.226 e. The Hall–Kier alpha value is -2.74. The van der Waals surface area contributed by atoms with Crippen molar-refractivity contribution in [2.24, 2.45) is 0 Å². The van der Waals surface area contributed by atoms with Crippen LogP contribution in [0.2, 0.25) is 0 Å². The van der Waals surface area contributed by atoms with Gasteiger partial charge in [0.05, 0.1) is 6.20 Å². The second-order valence-corrected chi connectivity index (χ2v) is 4.57. The van der Waals surface area contributed by atoms with E-state index in [1.54, 1.807) is 6.20 Å². The Morgan fingerprint density at radius 3 is 3.25 bits per heavy atom. The molecule has 0 radical (unpaired) electrons. The zero-order valence-corrected chi connectivity index (χ0v) is 10.7. The molecule has 0 spiro atoms. The first kappa shape index (κ1) is 12.3. The Balaban J connectivity index is 1.94. The molecule has 1 amide bonds. The van der Waals surface area contributed by atoms with Crippen molar-refractivity contribution in [2.45, 2.75) is 12.3 Å². The Kier molecular flexibility index (Phi) is 3.13. The maximum Gasteiger partial charge on any atom is 0.226 e. The standard InChI is InChI=1S/C15H13N3O2/c1-2-6-20-11-5-3-4-10(7-11)12-8-14(19)17-15-13(12)9-16-18-15/h1,3-5,7,9,12H,6,8H2,(H2,16,17,18,19)/t12-/m0/s1. The van der Waals surface area contributed by atoms with Crippen molar-refractivity contribution in [3.63, 3.8) is 0 Å². The quantitative estimate of drug-likeness (QED) is 0.835. The van der Waals surface area contributed by atoms with Gasteiger partial charge in [-0.1, -0.05) is 18.1 Å². The molecule has 1 aliphatic rings. The summed E-state index contributed by atoms with van der Waals surface area (Å²) in [6, 6.07) is 7.63. The molecule has 5 nitrogen and oxygen atoms in total. The second-order valence-electron chi connectivity index (χ2n) is 4.57. The number of terminal acetylenes is 1. The van der Waals surface area contributed by atoms with Crippen LogP contribution in [0.15, 0.2) is 30.5 Å². The molecular formula is C15H13N3O2. The molecule has 2 heterocycles. The summed E-state index contributed by atoms with van der Waals surface area (Å²) in [5.41, 5.74) is 2.00. The number of aromatic amines is 1. The molecule has 0 fully saturated rings. The van der Waals surface area contributed by atoms with Crippen LogP contribution in [0.3, 0.4) is 0 Å². The normalized spacial score (nSPS) is 16.9. The molecule has 2 aromatic rings. The van der Waals surface area contributed by atoms with Crippen LogP contribution < -0.4 is 10.1 Å². The second kappa shape index (κ2) is 5.10. The average molecular weight is 267 g/mol. The zero-order chi connectivity index (χ0) is 13.9. The molecule has 3 rings (SSSR count). The number of ether oxygens (including phenoxy) is 1. The first-order valence-corrected chi connectivity index (χ1v) is 6.27. The summed E-state index contributed by atoms with van der Waals surface area (Å²) < 4.78 is 5.42. The van der Waals surface area contributed by atoms with Gasteiger partial charge in [-0.25, -0.2) is 0 Å². The van der Waals surface area contributed by atoms with E-state index in [1.807, 2.05) is 24.3 Å². The minimum absolute atomic E-state index is 0.0214. The predicted octanol–water partition coefficient (Wildman–Crippen LogP) is 1.90. The fourth-order valence-corrected chi connectivity index (χ4v) is 2.39. The van der Waals surface area contributed by atoms with Crippen LogP contribution in [-0.2, 0) is 4.79 Å². The summed E-state index contributed by atoms with van der Waals surface area (Å²) in [4.78, 5) is 11.7. The number of hydrogen-bond donors (Lipinski definition) is 2. The molecule has 0 bridgehead atoms. The number of rotatable bonds is 3. The number of anilines is 1. The van der Waals surface area contributed by atoms with Crippen LogP contribution in [0, 0.1) is 12.3 Å². The number of nitrogens with zero attached hydrogens (tertiary/aromatic N) is 1. The van der Waals surface area contributed by atoms with Gasteiger partial charge in [-0.3, -0.25) is 9.89 Å². The van der Waals surface area contributed by atoms with Crippen LogP contribution in [0.1, 0.15) is 23.5 Å². The molecule has 20 heavy (non-hydrogen) atoms. The number of carbonyl (C=O) groups excluding carboxylic acids is 1. The SMILES string of the molecule is C#CCOc1cccc([C@@H]2CC(=O)Nc3[nH]ncc32)c1. The van der Waals surface area contributed by atoms with Crippen molar-refractivity contribution < 1.29 is 9.53 Å². The van der Waals surface area contributed by atoms with Crippen LogP contribution in [0.5, 0.6) is 5.75 Å². The van der Waals surface area contributed by atoms with E-state index in [4.69, 9.17) is 11.2 Å². The van der Waals surface area contributed by atoms with Gasteiger partial charge in [0.1, 0.15) is 18.2 Å². The van der Waals surface area contributed by atoms with E-state index in [2.05, 4.69) is 21.4 Å². The van der Waals surface area contributed by atoms with Gasteiger partial charge in [-0.15, -0.1) is 6.42 Å². The van der Waals surface area contributed by atoms with Gasteiger partial charge in [-0.2, -0.15) is 5.10 Å². The number of aromatic nitrogens is 2. The van der Waals surface area contributed by atoms with E-state index in [0.717, 1.165) is 11.1 Å². The van der Waals surface area contributed by atoms with Gasteiger partial charge in [-0.05, 0) is 17.7 Å². The minimum Gasteiger partial charge on any atom is -0.481 e. The molecular weight excluding hydrogens is 254 g/mol. The highest BCUT2D eigenvalue weighted by Gasteiger charge is 2.28. The Morgan fingerprint density at radius 2 is 2.40 bits per heavy atom. The maximum absolute atomic E-state index is 11.7. The Labute approximate surface area is 116 Å². The molecule has 100 valence electrons. The van der Waals surface area contributed by atoms with E-state index >= 15 is 0 Å². The van der Waals surface area contributed by atoms with Crippen molar-refractivity contribution in [1.82, 2.24) is 10.2 Å². The number of hydrogen-bond acceptors (Lipinski definition) is 3. The van der Waals surface area contributed by atoms with E-state index in [-0.39, 0.29) is 18.4 Å². The predicted molar refractivity (Wildman–Crippen MR) is 74.4 cm³/mol. The molecule has 0 saturated carbocycles. The lowest BCUT2D eigenvalue weighted by molar-refractivity contribution is -0.116. The van der Waals surface area contributed by atoms with Crippen LogP contribution >= 0.6 is 0 Å². The minimum atomic E-state index is -0.0262. The van der Waals surface area contributed by atoms with Crippen molar-refractivity contribution in [3.05, 3.63) is 41.6 Å². The summed E-state index contributed by atoms with van der Waals surface area (Å²) >= 11 is 0. The lowest BCUT2D eigenvalue weighted by Gasteiger charge is -2.22. The van der Waals surface area contributed by atoms with Crippen molar-refractivity contribution in [3.8, 4) is 18.1 Å². The summed E-state index contributed by atoms with van der Waals surface area (Å²) in [5, 5.41) is 9.56. The van der Waals surface area contributed by atoms with Crippen molar-refractivity contribution in [1.29, 1.82) is 0 Å². The number of fused-ring (bicyclic) bond motifs is 1. The van der Waals surface area contributed by atoms with Crippen LogP contribution in [-0.4, -0.2) is 22.7 Å². The maximum atomic E-state index is 11.7. The highest BCUT2D eigenvalue weighted by Crippen LogP contribution is 2.36. The van der Waals surface area contributed by atoms with Gasteiger partial charge < -0.3 is 10.1 Å². The molecule has 1 aliphatic heterocycles. The van der Waals surface area contributed by atoms with Crippen molar-refractivity contribution in [2.75, 3.05) is 11.9 Å². The summed E-state index contributed by atoms with van der Waals surface area (Å²) in [7, 11) is 0. The highest BCUT2D eigenvalue weighted by atomic mass is 16.5. The average Bonchev–Trinajstić information content (AvgIpc) is 2.92. The third-order valence-electron chi connectivity index (χ3n) is 3.28. The van der Waals surface area contributed by atoms with Gasteiger partial charge in [0.15, 0.2) is 0 Å². The largest absolute Gasteiger partial charge is 0.481 e. The van der Waals surface area contributed by atoms with E-state index in [0.29, 0.717) is 18.0 Å². The molecule has 0 saturated heterocycles. The zero-order valence-electron chi connectivity index (χ0n) is 10.7. The van der Waals surface area contributed by atoms with E-state index in [9.17, 15) is 4.79 Å². The summed E-state index contributed by atoms with van der Waals surface area (Å²) in [6.45, 7) is 0.228. The molecule has 2 N–H and O–H groups in total. The third-order valence-corrected chi connectivity index (χ3v) is 3.28. The summed E-state index contributed by atoms with van der Waals surface area (Å²) in [5.74, 6) is 3.76. The topological polar surface area (TPSA) is 67.0 Å². The van der Waals surface area contributed by atoms with E-state index < -0.39 is 0 Å². The fourth-order valence-electron chi connectivity index (χ4n) is 2.39. The molecule has 1 aromatic heterocycles. The number of H-pyrrole nitrogens is 1. The molecule has 1 aromatic carbocycles. The highest BCUT2D eigenvalue weighted by molar-refractivity contribution is 5.94. The molecule has 0 unspecified atom stereocenters. The number of amides is 1. The summed E-state index contributed by atoms with van der Waals surface area (Å²) in [6.07, 6.45) is 7.32. The lowest BCUT2D eigenvalue weighted by Crippen LogP contribution is -2.22. The first-order valence-electron chi connectivity index (χ1n) is 6.27. The van der Waals surface area contributed by atoms with Gasteiger partial charge in [0, 0.05) is 17.9 Å². The van der Waals surface area contributed by atoms with Crippen LogP contribution in [0.4, 0.5) is 5.82 Å². The first-order chi connectivity index (χ1) is 9.78. The number of nitrogens with one attached hydrogen (secondary N) is 2. The fraction of sp³-hybridized carbons (Fsp3) is 0.200. The van der Waals surface area contributed by atoms with Gasteiger partial charge in [0.25, 0.3) is 0 Å². The molecule has 5 heteroatoms. The Bertz CT molecular complexity index is 684. The lowest BCUT2D eigenvalue weighted by atomic mass is 9.87. The molecule has 0 aliphatic carbocycles. The Morgan fingerprint density at radius 1 is 1.50 bits per heavy atom. The van der Waals surface area contributed by atoms with Crippen LogP contribution in [0.25, 0.3) is 0 Å². The number of benzene rings is 1. The third kappa shape index (κ3) is 2.24. The monoisotopic (exact) mass is 267 g/mol. The number of carbonyl (C=O) groups is 1.